The van der Waals surface area contributed by atoms with Gasteiger partial charge >= 0.3 is 5.88 Å². The van der Waals surface area contributed by atoms with Gasteiger partial charge in [0, 0.05) is 6.07 Å². The van der Waals surface area contributed by atoms with Gasteiger partial charge in [-0.1, -0.05) is 30.0 Å². The van der Waals surface area contributed by atoms with Gasteiger partial charge in [-0.05, 0) is 36.5 Å². The largest absolute Gasteiger partial charge is 0.433 e. The standard InChI is InChI=1S/C16H10N4O6S2/c21-15-13(7-3-4-10-8-9-14(26-10)20(24)25)28-16(27)18(15)17-11-5-1-2-6-12(11)19(22)23/h1-9,17H/b4-3+,13-7+. The number of hydrogen-bond acceptors (Lipinski definition) is 9. The van der Waals surface area contributed by atoms with Crippen molar-refractivity contribution >= 4 is 57.5 Å². The van der Waals surface area contributed by atoms with E-state index in [-0.39, 0.29) is 32.2 Å². The Labute approximate surface area is 166 Å². The molecule has 0 bridgehead atoms. The van der Waals surface area contributed by atoms with Crippen molar-refractivity contribution in [3.63, 3.8) is 0 Å². The number of furan rings is 1. The van der Waals surface area contributed by atoms with Crippen molar-refractivity contribution in [2.24, 2.45) is 0 Å². The summed E-state index contributed by atoms with van der Waals surface area (Å²) in [7, 11) is 0. The minimum Gasteiger partial charge on any atom is -0.401 e. The molecule has 12 heteroatoms. The maximum atomic E-state index is 12.5. The number of carbonyl (C=O) groups excluding carboxylic acids is 1. The molecule has 3 rings (SSSR count). The van der Waals surface area contributed by atoms with Crippen LogP contribution in [0.4, 0.5) is 17.3 Å². The Morgan fingerprint density at radius 2 is 1.89 bits per heavy atom. The van der Waals surface area contributed by atoms with E-state index in [9.17, 15) is 25.0 Å². The number of carbonyl (C=O) groups is 1. The van der Waals surface area contributed by atoms with Gasteiger partial charge in [-0.15, -0.1) is 0 Å². The highest BCUT2D eigenvalue weighted by Crippen LogP contribution is 2.33. The van der Waals surface area contributed by atoms with Gasteiger partial charge in [0.15, 0.2) is 4.32 Å². The molecule has 1 aliphatic heterocycles. The maximum Gasteiger partial charge on any atom is 0.433 e. The zero-order valence-corrected chi connectivity index (χ0v) is 15.4. The molecule has 1 N–H and O–H groups in total. The summed E-state index contributed by atoms with van der Waals surface area (Å²) < 4.78 is 5.15. The number of rotatable bonds is 6. The van der Waals surface area contributed by atoms with E-state index in [0.29, 0.717) is 0 Å². The number of hydrogen-bond donors (Lipinski definition) is 1. The van der Waals surface area contributed by atoms with Crippen LogP contribution in [0.15, 0.2) is 57.9 Å². The molecular weight excluding hydrogens is 408 g/mol. The molecule has 1 aromatic carbocycles. The molecular formula is C16H10N4O6S2. The van der Waals surface area contributed by atoms with Crippen molar-refractivity contribution in [2.75, 3.05) is 5.43 Å². The van der Waals surface area contributed by atoms with Crippen molar-refractivity contribution in [3.8, 4) is 0 Å². The van der Waals surface area contributed by atoms with Gasteiger partial charge < -0.3 is 4.42 Å². The van der Waals surface area contributed by atoms with Crippen molar-refractivity contribution < 1.29 is 19.1 Å². The van der Waals surface area contributed by atoms with E-state index in [1.54, 1.807) is 6.07 Å². The molecule has 1 aromatic heterocycles. The first kappa shape index (κ1) is 19.3. The topological polar surface area (TPSA) is 132 Å². The molecule has 0 spiro atoms. The molecule has 10 nitrogen and oxygen atoms in total. The first-order valence-electron chi connectivity index (χ1n) is 7.56. The Kier molecular flexibility index (Phi) is 5.52. The highest BCUT2D eigenvalue weighted by atomic mass is 32.2. The Morgan fingerprint density at radius 3 is 2.57 bits per heavy atom. The van der Waals surface area contributed by atoms with Crippen LogP contribution in [-0.2, 0) is 4.79 Å². The summed E-state index contributed by atoms with van der Waals surface area (Å²) >= 11 is 6.16. The van der Waals surface area contributed by atoms with Crippen LogP contribution in [0.2, 0.25) is 0 Å². The number of nitrogens with one attached hydrogen (secondary N) is 1. The van der Waals surface area contributed by atoms with Gasteiger partial charge in [0.2, 0.25) is 0 Å². The summed E-state index contributed by atoms with van der Waals surface area (Å²) in [5, 5.41) is 22.7. The van der Waals surface area contributed by atoms with Gasteiger partial charge in [0.05, 0.1) is 15.9 Å². The van der Waals surface area contributed by atoms with E-state index in [0.717, 1.165) is 16.8 Å². The molecule has 1 saturated heterocycles. The van der Waals surface area contributed by atoms with Crippen LogP contribution in [0.3, 0.4) is 0 Å². The number of amides is 1. The second-order valence-corrected chi connectivity index (χ2v) is 6.89. The zero-order valence-electron chi connectivity index (χ0n) is 13.8. The van der Waals surface area contributed by atoms with Gasteiger partial charge in [-0.3, -0.25) is 30.4 Å². The highest BCUT2D eigenvalue weighted by molar-refractivity contribution is 8.26. The van der Waals surface area contributed by atoms with E-state index in [1.807, 2.05) is 0 Å². The first-order valence-corrected chi connectivity index (χ1v) is 8.78. The lowest BCUT2D eigenvalue weighted by Gasteiger charge is -2.16. The van der Waals surface area contributed by atoms with Crippen LogP contribution in [-0.4, -0.2) is 25.1 Å². The number of nitrogens with zero attached hydrogens (tertiary/aromatic N) is 3. The molecule has 142 valence electrons. The monoisotopic (exact) mass is 418 g/mol. The minimum atomic E-state index is -0.656. The van der Waals surface area contributed by atoms with Gasteiger partial charge in [-0.25, -0.2) is 5.01 Å². The Balaban J connectivity index is 1.74. The number of anilines is 1. The minimum absolute atomic E-state index is 0.128. The average Bonchev–Trinajstić information content (AvgIpc) is 3.23. The van der Waals surface area contributed by atoms with E-state index in [2.05, 4.69) is 5.43 Å². The summed E-state index contributed by atoms with van der Waals surface area (Å²) in [4.78, 5) is 33.2. The number of nitro groups is 2. The third kappa shape index (κ3) is 4.07. The third-order valence-electron chi connectivity index (χ3n) is 3.43. The lowest BCUT2D eigenvalue weighted by atomic mass is 10.3. The van der Waals surface area contributed by atoms with Crippen LogP contribution in [0, 0.1) is 20.2 Å². The molecule has 0 aliphatic carbocycles. The average molecular weight is 418 g/mol. The maximum absolute atomic E-state index is 12.5. The molecule has 0 radical (unpaired) electrons. The van der Waals surface area contributed by atoms with Crippen molar-refractivity contribution in [1.82, 2.24) is 5.01 Å². The summed E-state index contributed by atoms with van der Waals surface area (Å²) in [5.41, 5.74) is 2.60. The van der Waals surface area contributed by atoms with Gasteiger partial charge in [0.1, 0.15) is 16.4 Å². The van der Waals surface area contributed by atoms with Crippen LogP contribution >= 0.6 is 24.0 Å². The second kappa shape index (κ2) is 8.02. The van der Waals surface area contributed by atoms with Crippen molar-refractivity contribution in [2.45, 2.75) is 0 Å². The number of allylic oxidation sites excluding steroid dienone is 2. The summed E-state index contributed by atoms with van der Waals surface area (Å²) in [6.45, 7) is 0. The normalized spacial score (nSPS) is 15.6. The number of para-hydroxylation sites is 2. The fraction of sp³-hybridized carbons (Fsp3) is 0. The SMILES string of the molecule is O=C1/C(=C\C=C\c2ccc([N+](=O)[O-])o2)SC(=S)N1Nc1ccccc1[N+](=O)[O-]. The Hall–Kier alpha value is -3.51. The number of nitro benzene ring substituents is 1. The molecule has 1 fully saturated rings. The number of hydrazine groups is 1. The molecule has 0 saturated carbocycles. The summed E-state index contributed by atoms with van der Waals surface area (Å²) in [6.07, 6.45) is 4.41. The molecule has 28 heavy (non-hydrogen) atoms. The number of thiocarbonyl (C=S) groups is 1. The molecule has 0 atom stereocenters. The number of thioether (sulfide) groups is 1. The molecule has 2 heterocycles. The van der Waals surface area contributed by atoms with Crippen LogP contribution in [0.1, 0.15) is 5.76 Å². The smallest absolute Gasteiger partial charge is 0.401 e. The second-order valence-electron chi connectivity index (χ2n) is 5.22. The van der Waals surface area contributed by atoms with Gasteiger partial charge in [0.25, 0.3) is 11.6 Å². The fourth-order valence-electron chi connectivity index (χ4n) is 2.19. The van der Waals surface area contributed by atoms with Crippen molar-refractivity contribution in [3.05, 3.63) is 79.4 Å². The lowest BCUT2D eigenvalue weighted by molar-refractivity contribution is -0.402. The van der Waals surface area contributed by atoms with E-state index in [4.69, 9.17) is 16.6 Å². The Morgan fingerprint density at radius 1 is 1.14 bits per heavy atom. The van der Waals surface area contributed by atoms with Crippen LogP contribution in [0.5, 0.6) is 0 Å². The predicted molar refractivity (Wildman–Crippen MR) is 106 cm³/mol. The molecule has 2 aromatic rings. The van der Waals surface area contributed by atoms with Crippen LogP contribution < -0.4 is 5.43 Å². The van der Waals surface area contributed by atoms with E-state index < -0.39 is 15.8 Å². The zero-order chi connectivity index (χ0) is 20.3. The molecule has 1 amide bonds. The summed E-state index contributed by atoms with van der Waals surface area (Å²) in [6, 6.07) is 8.51. The Bertz CT molecular complexity index is 1050. The number of benzene rings is 1. The quantitative estimate of drug-likeness (QED) is 0.321. The predicted octanol–water partition coefficient (Wildman–Crippen LogP) is 3.88. The highest BCUT2D eigenvalue weighted by Gasteiger charge is 2.33. The van der Waals surface area contributed by atoms with Gasteiger partial charge in [-0.2, -0.15) is 0 Å². The molecule has 1 aliphatic rings. The lowest BCUT2D eigenvalue weighted by Crippen LogP contribution is -2.34. The van der Waals surface area contributed by atoms with Crippen molar-refractivity contribution in [1.29, 1.82) is 0 Å². The third-order valence-corrected chi connectivity index (χ3v) is 4.75. The first-order chi connectivity index (χ1) is 13.4. The summed E-state index contributed by atoms with van der Waals surface area (Å²) in [5.74, 6) is -0.626. The van der Waals surface area contributed by atoms with Crippen LogP contribution in [0.25, 0.3) is 6.08 Å². The molecule has 0 unspecified atom stereocenters. The fourth-order valence-corrected chi connectivity index (χ4v) is 3.32. The van der Waals surface area contributed by atoms with E-state index >= 15 is 0 Å². The van der Waals surface area contributed by atoms with E-state index in [1.165, 1.54) is 48.6 Å².